The van der Waals surface area contributed by atoms with E-state index in [1.54, 1.807) is 14.2 Å². The Morgan fingerprint density at radius 3 is 2.63 bits per heavy atom. The third kappa shape index (κ3) is 3.27. The minimum atomic E-state index is -3.44. The molecule has 8 heteroatoms. The Kier molecular flexibility index (Phi) is 4.97. The number of hydrogen-bond acceptors (Lipinski definition) is 7. The fraction of sp³-hybridized carbons (Fsp3) is 0.579. The highest BCUT2D eigenvalue weighted by atomic mass is 31.2. The molecule has 2 unspecified atom stereocenters. The van der Waals surface area contributed by atoms with Crippen molar-refractivity contribution in [1.82, 2.24) is 4.90 Å². The predicted octanol–water partition coefficient (Wildman–Crippen LogP) is 3.49. The summed E-state index contributed by atoms with van der Waals surface area (Å²) >= 11 is 0. The molecule has 0 N–H and O–H groups in total. The Balaban J connectivity index is 1.64. The first-order valence-electron chi connectivity index (χ1n) is 9.20. The van der Waals surface area contributed by atoms with Gasteiger partial charge in [-0.25, -0.2) is 4.57 Å². The third-order valence-corrected chi connectivity index (χ3v) is 7.39. The maximum atomic E-state index is 12.4. The summed E-state index contributed by atoms with van der Waals surface area (Å²) in [4.78, 5) is 2.35. The van der Waals surface area contributed by atoms with Crippen molar-refractivity contribution in [3.63, 3.8) is 0 Å². The van der Waals surface area contributed by atoms with E-state index in [-0.39, 0.29) is 11.5 Å². The minimum absolute atomic E-state index is 0.0347. The maximum Gasteiger partial charge on any atom is 0.529 e. The summed E-state index contributed by atoms with van der Waals surface area (Å²) in [6, 6.07) is 6.41. The lowest BCUT2D eigenvalue weighted by atomic mass is 9.68. The first-order chi connectivity index (χ1) is 13.0. The fourth-order valence-electron chi connectivity index (χ4n) is 4.49. The quantitative estimate of drug-likeness (QED) is 0.707. The first kappa shape index (κ1) is 18.8. The molecule has 27 heavy (non-hydrogen) atoms. The highest BCUT2D eigenvalue weighted by molar-refractivity contribution is 7.48. The van der Waals surface area contributed by atoms with Gasteiger partial charge in [0.1, 0.15) is 5.76 Å². The molecular weight excluding hydrogens is 369 g/mol. The van der Waals surface area contributed by atoms with Gasteiger partial charge in [-0.3, -0.25) is 9.05 Å². The maximum absolute atomic E-state index is 12.4. The smallest absolute Gasteiger partial charge is 0.493 e. The number of nitrogens with zero attached hydrogens (tertiary/aromatic N) is 1. The summed E-state index contributed by atoms with van der Waals surface area (Å²) < 4.78 is 39.3. The summed E-state index contributed by atoms with van der Waals surface area (Å²) in [6.07, 6.45) is 4.55. The highest BCUT2D eigenvalue weighted by Crippen LogP contribution is 2.57. The van der Waals surface area contributed by atoms with Gasteiger partial charge >= 0.3 is 7.82 Å². The van der Waals surface area contributed by atoms with Crippen LogP contribution in [-0.4, -0.2) is 52.0 Å². The lowest BCUT2D eigenvalue weighted by molar-refractivity contribution is 0.177. The number of allylic oxidation sites excluding steroid dienone is 1. The summed E-state index contributed by atoms with van der Waals surface area (Å²) in [7, 11) is 1.99. The van der Waals surface area contributed by atoms with Crippen molar-refractivity contribution in [3.8, 4) is 11.5 Å². The Hall–Kier alpha value is -1.53. The Morgan fingerprint density at radius 1 is 1.19 bits per heavy atom. The third-order valence-electron chi connectivity index (χ3n) is 5.94. The second-order valence-electron chi connectivity index (χ2n) is 7.26. The van der Waals surface area contributed by atoms with E-state index in [1.807, 2.05) is 12.1 Å². The Labute approximate surface area is 159 Å². The molecule has 1 aliphatic carbocycles. The fourth-order valence-corrected chi connectivity index (χ4v) is 5.70. The van der Waals surface area contributed by atoms with Crippen LogP contribution in [0, 0.1) is 0 Å². The topological polar surface area (TPSA) is 66.5 Å². The monoisotopic (exact) mass is 395 g/mol. The van der Waals surface area contributed by atoms with Crippen molar-refractivity contribution in [2.75, 3.05) is 41.0 Å². The van der Waals surface area contributed by atoms with Crippen molar-refractivity contribution >= 4 is 7.82 Å². The van der Waals surface area contributed by atoms with Crippen LogP contribution in [0.3, 0.4) is 0 Å². The molecule has 2 atom stereocenters. The van der Waals surface area contributed by atoms with Gasteiger partial charge in [0.25, 0.3) is 0 Å². The van der Waals surface area contributed by atoms with Crippen LogP contribution in [-0.2, 0) is 23.6 Å². The molecule has 7 nitrogen and oxygen atoms in total. The predicted molar refractivity (Wildman–Crippen MR) is 100 cm³/mol. The van der Waals surface area contributed by atoms with Gasteiger partial charge < -0.3 is 18.9 Å². The zero-order chi connectivity index (χ0) is 19.1. The molecule has 0 spiro atoms. The van der Waals surface area contributed by atoms with E-state index in [0.29, 0.717) is 25.4 Å². The molecule has 0 saturated carbocycles. The van der Waals surface area contributed by atoms with Crippen LogP contribution >= 0.6 is 7.82 Å². The van der Waals surface area contributed by atoms with Crippen molar-refractivity contribution in [2.24, 2.45) is 0 Å². The van der Waals surface area contributed by atoms with E-state index in [2.05, 4.69) is 24.1 Å². The lowest BCUT2D eigenvalue weighted by Crippen LogP contribution is -2.43. The summed E-state index contributed by atoms with van der Waals surface area (Å²) in [5.41, 5.74) is 1.19. The van der Waals surface area contributed by atoms with E-state index in [1.165, 1.54) is 5.56 Å². The number of ether oxygens (including phenoxy) is 2. The molecule has 2 aliphatic heterocycles. The van der Waals surface area contributed by atoms with Crippen LogP contribution < -0.4 is 9.47 Å². The molecule has 1 aromatic carbocycles. The number of benzene rings is 1. The SMILES string of the molecule is COc1ccc(C23CC=C(OP4(=O)OCCO4)CC2N(C)CC3)cc1OC. The van der Waals surface area contributed by atoms with E-state index >= 15 is 0 Å². The van der Waals surface area contributed by atoms with Gasteiger partial charge in [-0.2, -0.15) is 0 Å². The van der Waals surface area contributed by atoms with Gasteiger partial charge in [0.05, 0.1) is 27.4 Å². The minimum Gasteiger partial charge on any atom is -0.493 e. The van der Waals surface area contributed by atoms with Gasteiger partial charge in [-0.15, -0.1) is 0 Å². The highest BCUT2D eigenvalue weighted by Gasteiger charge is 2.50. The standard InChI is InChI=1S/C19H26NO6P/c1-20-9-8-19(14-4-5-16(22-2)17(12-14)23-3)7-6-15(13-18(19)20)26-27(21)24-10-11-25-27/h4-6,12,18H,7-11,13H2,1-3H3. The van der Waals surface area contributed by atoms with Gasteiger partial charge in [0.15, 0.2) is 11.5 Å². The number of rotatable bonds is 5. The molecule has 1 aromatic rings. The van der Waals surface area contributed by atoms with E-state index in [9.17, 15) is 4.57 Å². The average Bonchev–Trinajstić information content (AvgIpc) is 3.26. The zero-order valence-electron chi connectivity index (χ0n) is 16.0. The molecular formula is C19H26NO6P. The molecule has 2 heterocycles. The normalized spacial score (nSPS) is 29.9. The van der Waals surface area contributed by atoms with Gasteiger partial charge in [0, 0.05) is 17.9 Å². The molecule has 2 fully saturated rings. The van der Waals surface area contributed by atoms with Crippen LogP contribution in [0.25, 0.3) is 0 Å². The van der Waals surface area contributed by atoms with Crippen molar-refractivity contribution < 1.29 is 27.6 Å². The Morgan fingerprint density at radius 2 is 1.93 bits per heavy atom. The van der Waals surface area contributed by atoms with Crippen LogP contribution in [0.1, 0.15) is 24.8 Å². The van der Waals surface area contributed by atoms with Crippen molar-refractivity contribution in [1.29, 1.82) is 0 Å². The number of fused-ring (bicyclic) bond motifs is 1. The van der Waals surface area contributed by atoms with Crippen LogP contribution in [0.5, 0.6) is 11.5 Å². The van der Waals surface area contributed by atoms with Gasteiger partial charge in [-0.1, -0.05) is 6.07 Å². The Bertz CT molecular complexity index is 786. The second kappa shape index (κ2) is 7.13. The summed E-state index contributed by atoms with van der Waals surface area (Å²) in [6.45, 7) is 1.61. The van der Waals surface area contributed by atoms with Gasteiger partial charge in [0.2, 0.25) is 0 Å². The van der Waals surface area contributed by atoms with E-state index < -0.39 is 7.82 Å². The molecule has 148 valence electrons. The number of likely N-dealkylation sites (tertiary alicyclic amines) is 1. The number of phosphoric acid groups is 1. The van der Waals surface area contributed by atoms with Gasteiger partial charge in [-0.05, 0) is 50.2 Å². The van der Waals surface area contributed by atoms with Crippen molar-refractivity contribution in [2.45, 2.75) is 30.7 Å². The van der Waals surface area contributed by atoms with Crippen LogP contribution in [0.2, 0.25) is 0 Å². The number of methoxy groups -OCH3 is 2. The van der Waals surface area contributed by atoms with Crippen LogP contribution in [0.4, 0.5) is 0 Å². The molecule has 3 aliphatic rings. The summed E-state index contributed by atoms with van der Waals surface area (Å²) in [5.74, 6) is 2.15. The van der Waals surface area contributed by atoms with Crippen molar-refractivity contribution in [3.05, 3.63) is 35.6 Å². The lowest BCUT2D eigenvalue weighted by Gasteiger charge is -2.41. The number of phosphoric ester groups is 1. The molecule has 4 rings (SSSR count). The molecule has 0 radical (unpaired) electrons. The zero-order valence-corrected chi connectivity index (χ0v) is 16.9. The molecule has 2 saturated heterocycles. The molecule has 0 bridgehead atoms. The number of likely N-dealkylation sites (N-methyl/N-ethyl adjacent to an activating group) is 1. The average molecular weight is 395 g/mol. The number of hydrogen-bond donors (Lipinski definition) is 0. The van der Waals surface area contributed by atoms with E-state index in [4.69, 9.17) is 23.0 Å². The van der Waals surface area contributed by atoms with Crippen LogP contribution in [0.15, 0.2) is 30.0 Å². The molecule has 0 aromatic heterocycles. The summed E-state index contributed by atoms with van der Waals surface area (Å²) in [5, 5.41) is 0. The second-order valence-corrected chi connectivity index (χ2v) is 8.85. The van der Waals surface area contributed by atoms with E-state index in [0.717, 1.165) is 30.9 Å². The largest absolute Gasteiger partial charge is 0.529 e. The molecule has 0 amide bonds. The first-order valence-corrected chi connectivity index (χ1v) is 10.7.